The Labute approximate surface area is 200 Å². The number of hydrogen-bond donors (Lipinski definition) is 3. The van der Waals surface area contributed by atoms with Gasteiger partial charge in [-0.2, -0.15) is 0 Å². The second kappa shape index (κ2) is 8.65. The third kappa shape index (κ3) is 3.86. The van der Waals surface area contributed by atoms with Crippen LogP contribution in [-0.4, -0.2) is 36.0 Å². The van der Waals surface area contributed by atoms with Gasteiger partial charge >= 0.3 is 0 Å². The highest BCUT2D eigenvalue weighted by molar-refractivity contribution is 6.32. The summed E-state index contributed by atoms with van der Waals surface area (Å²) in [6, 6.07) is 7.02. The van der Waals surface area contributed by atoms with Crippen molar-refractivity contribution in [2.45, 2.75) is 25.7 Å². The van der Waals surface area contributed by atoms with Crippen molar-refractivity contribution in [1.82, 2.24) is 15.3 Å². The highest BCUT2D eigenvalue weighted by Gasteiger charge is 2.50. The van der Waals surface area contributed by atoms with Crippen LogP contribution in [0.3, 0.4) is 0 Å². The largest absolute Gasteiger partial charge is 0.493 e. The van der Waals surface area contributed by atoms with Gasteiger partial charge in [-0.1, -0.05) is 29.5 Å². The Balaban J connectivity index is 1.65. The molecular weight excluding hydrogens is 462 g/mol. The van der Waals surface area contributed by atoms with Gasteiger partial charge < -0.3 is 20.4 Å². The number of alkyl halides is 2. The van der Waals surface area contributed by atoms with Crippen LogP contribution in [0.5, 0.6) is 5.75 Å². The normalized spacial score (nSPS) is 15.7. The van der Waals surface area contributed by atoms with Gasteiger partial charge in [-0.05, 0) is 31.0 Å². The average molecular weight is 483 g/mol. The number of halogens is 3. The Morgan fingerprint density at radius 2 is 2.12 bits per heavy atom. The SMILES string of the molecule is COc1c(Cl)cccc1Nc1c(-c2ccncc2C#CC2(C(F)F)CC2)[nH]c2c1C(=O)NCC2. The number of ether oxygens (including phenoxy) is 1. The number of H-pyrrole nitrogens is 1. The molecule has 2 aromatic heterocycles. The van der Waals surface area contributed by atoms with E-state index in [1.807, 2.05) is 0 Å². The first kappa shape index (κ1) is 22.2. The molecule has 2 aliphatic rings. The number of para-hydroxylation sites is 1. The van der Waals surface area contributed by atoms with Crippen molar-refractivity contribution in [3.8, 4) is 28.8 Å². The molecule has 1 amide bonds. The molecule has 9 heteroatoms. The van der Waals surface area contributed by atoms with Crippen LogP contribution in [0.2, 0.25) is 5.02 Å². The van der Waals surface area contributed by atoms with Crippen molar-refractivity contribution in [2.24, 2.45) is 5.41 Å². The number of rotatable bonds is 5. The topological polar surface area (TPSA) is 79.0 Å². The molecule has 1 aromatic carbocycles. The molecule has 0 unspecified atom stereocenters. The minimum absolute atomic E-state index is 0.219. The van der Waals surface area contributed by atoms with Crippen molar-refractivity contribution < 1.29 is 18.3 Å². The summed E-state index contributed by atoms with van der Waals surface area (Å²) in [6.07, 6.45) is 2.03. The van der Waals surface area contributed by atoms with Gasteiger partial charge in [-0.15, -0.1) is 0 Å². The molecule has 3 heterocycles. The Morgan fingerprint density at radius 3 is 2.85 bits per heavy atom. The van der Waals surface area contributed by atoms with Gasteiger partial charge in [0.05, 0.1) is 45.7 Å². The second-order valence-electron chi connectivity index (χ2n) is 8.31. The number of fused-ring (bicyclic) bond motifs is 1. The number of anilines is 2. The molecule has 6 nitrogen and oxygen atoms in total. The predicted molar refractivity (Wildman–Crippen MR) is 126 cm³/mol. The smallest absolute Gasteiger partial charge is 0.255 e. The third-order valence-electron chi connectivity index (χ3n) is 6.14. The average Bonchev–Trinajstić information content (AvgIpc) is 3.54. The highest BCUT2D eigenvalue weighted by Crippen LogP contribution is 2.50. The van der Waals surface area contributed by atoms with Crippen molar-refractivity contribution in [2.75, 3.05) is 19.0 Å². The quantitative estimate of drug-likeness (QED) is 0.439. The van der Waals surface area contributed by atoms with Gasteiger partial charge in [0.2, 0.25) is 0 Å². The molecule has 3 aromatic rings. The Kier molecular flexibility index (Phi) is 5.66. The fourth-order valence-electron chi connectivity index (χ4n) is 4.09. The predicted octanol–water partition coefficient (Wildman–Crippen LogP) is 5.17. The van der Waals surface area contributed by atoms with Crippen LogP contribution >= 0.6 is 11.6 Å². The van der Waals surface area contributed by atoms with Crippen LogP contribution in [-0.2, 0) is 6.42 Å². The molecule has 1 fully saturated rings. The van der Waals surface area contributed by atoms with Gasteiger partial charge in [0.1, 0.15) is 0 Å². The van der Waals surface area contributed by atoms with Crippen LogP contribution in [0.25, 0.3) is 11.3 Å². The molecule has 0 spiro atoms. The maximum Gasteiger partial charge on any atom is 0.255 e. The number of methoxy groups -OCH3 is 1. The first-order chi connectivity index (χ1) is 16.4. The van der Waals surface area contributed by atoms with E-state index in [0.29, 0.717) is 70.3 Å². The van der Waals surface area contributed by atoms with Gasteiger partial charge in [0.25, 0.3) is 12.3 Å². The molecule has 1 aliphatic carbocycles. The Hall–Kier alpha value is -3.57. The zero-order valence-electron chi connectivity index (χ0n) is 18.3. The van der Waals surface area contributed by atoms with E-state index in [0.717, 1.165) is 5.69 Å². The van der Waals surface area contributed by atoms with E-state index < -0.39 is 11.8 Å². The summed E-state index contributed by atoms with van der Waals surface area (Å²) < 4.78 is 32.3. The molecule has 174 valence electrons. The van der Waals surface area contributed by atoms with E-state index in [1.54, 1.807) is 36.7 Å². The Bertz CT molecular complexity index is 1340. The second-order valence-corrected chi connectivity index (χ2v) is 8.72. The molecular formula is C25H21ClF2N4O2. The standard InChI is InChI=1S/C25H21ClF2N4O2/c1-34-22-16(26)3-2-4-18(22)32-21-19-17(7-12-30-23(19)33)31-20(21)15-6-11-29-13-14(15)5-8-25(9-10-25)24(27)28/h2-4,6,11,13,24,31-32H,7,9-10,12H2,1H3,(H,30,33). The molecule has 3 N–H and O–H groups in total. The zero-order valence-corrected chi connectivity index (χ0v) is 19.0. The lowest BCUT2D eigenvalue weighted by Crippen LogP contribution is -2.31. The highest BCUT2D eigenvalue weighted by atomic mass is 35.5. The number of nitrogens with one attached hydrogen (secondary N) is 3. The molecule has 5 rings (SSSR count). The minimum atomic E-state index is -2.49. The first-order valence-electron chi connectivity index (χ1n) is 10.8. The molecule has 0 radical (unpaired) electrons. The fourth-order valence-corrected chi connectivity index (χ4v) is 4.34. The number of carbonyl (C=O) groups is 1. The number of nitrogens with zero attached hydrogens (tertiary/aromatic N) is 1. The summed E-state index contributed by atoms with van der Waals surface area (Å²) in [6.45, 7) is 0.506. The number of pyridine rings is 1. The van der Waals surface area contributed by atoms with E-state index >= 15 is 0 Å². The van der Waals surface area contributed by atoms with Crippen LogP contribution in [0.4, 0.5) is 20.2 Å². The third-order valence-corrected chi connectivity index (χ3v) is 6.44. The van der Waals surface area contributed by atoms with E-state index in [1.165, 1.54) is 7.11 Å². The van der Waals surface area contributed by atoms with Gasteiger partial charge in [0, 0.05) is 36.6 Å². The minimum Gasteiger partial charge on any atom is -0.493 e. The van der Waals surface area contributed by atoms with Crippen molar-refractivity contribution in [3.05, 3.63) is 58.5 Å². The summed E-state index contributed by atoms with van der Waals surface area (Å²) in [5.74, 6) is 5.91. The van der Waals surface area contributed by atoms with Crippen molar-refractivity contribution in [3.63, 3.8) is 0 Å². The molecule has 1 aliphatic heterocycles. The molecule has 1 saturated carbocycles. The lowest BCUT2D eigenvalue weighted by atomic mass is 10.0. The summed E-state index contributed by atoms with van der Waals surface area (Å²) in [4.78, 5) is 20.3. The van der Waals surface area contributed by atoms with E-state index in [-0.39, 0.29) is 5.91 Å². The first-order valence-corrected chi connectivity index (χ1v) is 11.2. The van der Waals surface area contributed by atoms with Gasteiger partial charge in [-0.25, -0.2) is 8.78 Å². The summed E-state index contributed by atoms with van der Waals surface area (Å²) in [7, 11) is 1.51. The molecule has 34 heavy (non-hydrogen) atoms. The van der Waals surface area contributed by atoms with Crippen LogP contribution < -0.4 is 15.4 Å². The number of amides is 1. The maximum atomic E-state index is 13.4. The number of benzene rings is 1. The molecule has 0 saturated heterocycles. The summed E-state index contributed by atoms with van der Waals surface area (Å²) in [5.41, 5.74) is 2.86. The number of carbonyl (C=O) groups excluding carboxylic acids is 1. The number of hydrogen-bond acceptors (Lipinski definition) is 4. The van der Waals surface area contributed by atoms with E-state index in [9.17, 15) is 13.6 Å². The summed E-state index contributed by atoms with van der Waals surface area (Å²) in [5, 5.41) is 6.60. The molecule has 0 atom stereocenters. The van der Waals surface area contributed by atoms with Crippen LogP contribution in [0, 0.1) is 17.3 Å². The lowest BCUT2D eigenvalue weighted by molar-refractivity contribution is 0.0920. The van der Waals surface area contributed by atoms with Crippen LogP contribution in [0.15, 0.2) is 36.7 Å². The maximum absolute atomic E-state index is 13.4. The Morgan fingerprint density at radius 1 is 1.29 bits per heavy atom. The number of aromatic amines is 1. The van der Waals surface area contributed by atoms with Crippen molar-refractivity contribution >= 4 is 28.9 Å². The monoisotopic (exact) mass is 482 g/mol. The summed E-state index contributed by atoms with van der Waals surface area (Å²) >= 11 is 6.30. The van der Waals surface area contributed by atoms with Gasteiger partial charge in [0.15, 0.2) is 5.75 Å². The van der Waals surface area contributed by atoms with Gasteiger partial charge in [-0.3, -0.25) is 9.78 Å². The lowest BCUT2D eigenvalue weighted by Gasteiger charge is -2.17. The van der Waals surface area contributed by atoms with E-state index in [4.69, 9.17) is 16.3 Å². The zero-order chi connectivity index (χ0) is 23.9. The fraction of sp³-hybridized carbons (Fsp3) is 0.280. The van der Waals surface area contributed by atoms with Crippen LogP contribution in [0.1, 0.15) is 34.5 Å². The van der Waals surface area contributed by atoms with Crippen molar-refractivity contribution in [1.29, 1.82) is 0 Å². The van der Waals surface area contributed by atoms with E-state index in [2.05, 4.69) is 32.4 Å². The number of aromatic nitrogens is 2. The molecule has 0 bridgehead atoms.